The van der Waals surface area contributed by atoms with Crippen LogP contribution in [0.15, 0.2) is 182 Å². The van der Waals surface area contributed by atoms with Crippen molar-refractivity contribution in [1.29, 1.82) is 0 Å². The van der Waals surface area contributed by atoms with Crippen molar-refractivity contribution in [3.63, 3.8) is 0 Å². The van der Waals surface area contributed by atoms with Gasteiger partial charge in [0.05, 0.1) is 0 Å². The van der Waals surface area contributed by atoms with E-state index in [1.165, 1.54) is 109 Å². The van der Waals surface area contributed by atoms with Crippen LogP contribution in [0.5, 0.6) is 0 Å². The number of benzene rings is 10. The first-order chi connectivity index (χ1) is 26.0. The van der Waals surface area contributed by atoms with E-state index in [9.17, 15) is 0 Å². The van der Waals surface area contributed by atoms with Crippen LogP contribution in [0.25, 0.3) is 98.4 Å². The van der Waals surface area contributed by atoms with E-state index in [0.717, 1.165) is 0 Å². The molecule has 0 saturated heterocycles. The largest absolute Gasteiger partial charge is 0.0619 e. The summed E-state index contributed by atoms with van der Waals surface area (Å²) >= 11 is 0. The number of hydrogen-bond acceptors (Lipinski definition) is 0. The van der Waals surface area contributed by atoms with E-state index >= 15 is 0 Å². The average Bonchev–Trinajstić information content (AvgIpc) is 3.45. The first-order valence-corrected chi connectivity index (χ1v) is 18.7. The summed E-state index contributed by atoms with van der Waals surface area (Å²) in [5, 5.41) is 13.0. The third kappa shape index (κ3) is 4.49. The van der Waals surface area contributed by atoms with Crippen molar-refractivity contribution >= 4 is 53.9 Å². The van der Waals surface area contributed by atoms with E-state index in [2.05, 4.69) is 196 Å². The molecular formula is C53H36. The van der Waals surface area contributed by atoms with E-state index in [0.29, 0.717) is 0 Å². The molecule has 1 aliphatic rings. The van der Waals surface area contributed by atoms with Crippen LogP contribution in [-0.4, -0.2) is 0 Å². The standard InChI is InChI=1S/C53H36/c1-53(2)50-18-10-9-15-44(50)45-28-27-39(31-51(45)53)38-26-25-36-29-35(23-24-37(36)30-38)33-19-21-34(22-20-33)48-32-49-42-13-4-3-11-40(42)41-12-5-7-16-46(41)52(49)47-17-8-6-14-43(47)48/h3-32H,1-2H3. The highest BCUT2D eigenvalue weighted by Gasteiger charge is 2.35. The summed E-state index contributed by atoms with van der Waals surface area (Å²) < 4.78 is 0. The molecule has 1 aliphatic carbocycles. The Morgan fingerprint density at radius 2 is 0.736 bits per heavy atom. The van der Waals surface area contributed by atoms with Crippen molar-refractivity contribution in [3.05, 3.63) is 193 Å². The van der Waals surface area contributed by atoms with Crippen molar-refractivity contribution < 1.29 is 0 Å². The molecule has 0 radical (unpaired) electrons. The predicted molar refractivity (Wildman–Crippen MR) is 228 cm³/mol. The molecule has 0 unspecified atom stereocenters. The van der Waals surface area contributed by atoms with E-state index in [4.69, 9.17) is 0 Å². The third-order valence-electron chi connectivity index (χ3n) is 12.0. The van der Waals surface area contributed by atoms with Gasteiger partial charge in [-0.2, -0.15) is 0 Å². The summed E-state index contributed by atoms with van der Waals surface area (Å²) in [6.45, 7) is 4.70. The van der Waals surface area contributed by atoms with Crippen molar-refractivity contribution in [2.24, 2.45) is 0 Å². The number of hydrogen-bond donors (Lipinski definition) is 0. The highest BCUT2D eigenvalue weighted by atomic mass is 14.4. The van der Waals surface area contributed by atoms with E-state index in [-0.39, 0.29) is 5.41 Å². The van der Waals surface area contributed by atoms with Crippen LogP contribution >= 0.6 is 0 Å². The van der Waals surface area contributed by atoms with Crippen LogP contribution in [0.1, 0.15) is 25.0 Å². The molecule has 0 aromatic heterocycles. The molecule has 0 nitrogen and oxygen atoms in total. The molecule has 0 atom stereocenters. The maximum atomic E-state index is 2.43. The Hall–Kier alpha value is -6.50. The number of fused-ring (bicyclic) bond motifs is 12. The van der Waals surface area contributed by atoms with Crippen LogP contribution in [0.2, 0.25) is 0 Å². The molecule has 0 bridgehead atoms. The summed E-state index contributed by atoms with van der Waals surface area (Å²) in [7, 11) is 0. The Morgan fingerprint density at radius 3 is 1.43 bits per heavy atom. The molecule has 10 aromatic carbocycles. The molecule has 0 heteroatoms. The van der Waals surface area contributed by atoms with E-state index < -0.39 is 0 Å². The van der Waals surface area contributed by atoms with Crippen molar-refractivity contribution in [2.75, 3.05) is 0 Å². The van der Waals surface area contributed by atoms with Gasteiger partial charge in [-0.3, -0.25) is 0 Å². The first-order valence-electron chi connectivity index (χ1n) is 18.7. The monoisotopic (exact) mass is 672 g/mol. The van der Waals surface area contributed by atoms with Gasteiger partial charge in [0.2, 0.25) is 0 Å². The smallest absolute Gasteiger partial charge is 0.0159 e. The minimum absolute atomic E-state index is 0.00605. The molecule has 0 saturated carbocycles. The molecule has 0 aliphatic heterocycles. The summed E-state index contributed by atoms with van der Waals surface area (Å²) in [4.78, 5) is 0. The molecule has 0 spiro atoms. The molecule has 0 fully saturated rings. The van der Waals surface area contributed by atoms with Crippen LogP contribution < -0.4 is 0 Å². The topological polar surface area (TPSA) is 0 Å². The van der Waals surface area contributed by atoms with Crippen LogP contribution in [-0.2, 0) is 5.41 Å². The highest BCUT2D eigenvalue weighted by Crippen LogP contribution is 2.50. The van der Waals surface area contributed by atoms with Gasteiger partial charge >= 0.3 is 0 Å². The fourth-order valence-corrected chi connectivity index (χ4v) is 9.34. The molecule has 11 rings (SSSR count). The Balaban J connectivity index is 0.966. The molecule has 0 heterocycles. The zero-order valence-electron chi connectivity index (χ0n) is 29.8. The van der Waals surface area contributed by atoms with Crippen LogP contribution in [0.4, 0.5) is 0 Å². The maximum absolute atomic E-state index is 2.43. The van der Waals surface area contributed by atoms with E-state index in [1.807, 2.05) is 0 Å². The van der Waals surface area contributed by atoms with Gasteiger partial charge in [0.25, 0.3) is 0 Å². The third-order valence-corrected chi connectivity index (χ3v) is 12.0. The van der Waals surface area contributed by atoms with Gasteiger partial charge < -0.3 is 0 Å². The zero-order chi connectivity index (χ0) is 35.3. The minimum Gasteiger partial charge on any atom is -0.0619 e. The lowest BCUT2D eigenvalue weighted by molar-refractivity contribution is 0.660. The van der Waals surface area contributed by atoms with Crippen LogP contribution in [0, 0.1) is 0 Å². The normalized spacial score (nSPS) is 13.2. The minimum atomic E-state index is -0.00605. The van der Waals surface area contributed by atoms with Gasteiger partial charge in [-0.15, -0.1) is 0 Å². The summed E-state index contributed by atoms with van der Waals surface area (Å²) in [5.74, 6) is 0. The first kappa shape index (κ1) is 30.2. The molecule has 10 aromatic rings. The van der Waals surface area contributed by atoms with Gasteiger partial charge in [-0.05, 0) is 134 Å². The molecule has 0 N–H and O–H groups in total. The number of rotatable bonds is 3. The fourth-order valence-electron chi connectivity index (χ4n) is 9.34. The average molecular weight is 673 g/mol. The molecular weight excluding hydrogens is 637 g/mol. The maximum Gasteiger partial charge on any atom is 0.0159 e. The van der Waals surface area contributed by atoms with Crippen molar-refractivity contribution in [2.45, 2.75) is 19.3 Å². The summed E-state index contributed by atoms with van der Waals surface area (Å²) in [6.07, 6.45) is 0. The van der Waals surface area contributed by atoms with Crippen LogP contribution in [0.3, 0.4) is 0 Å². The Kier molecular flexibility index (Phi) is 6.40. The zero-order valence-corrected chi connectivity index (χ0v) is 29.8. The lowest BCUT2D eigenvalue weighted by Gasteiger charge is -2.22. The highest BCUT2D eigenvalue weighted by molar-refractivity contribution is 6.33. The second-order valence-corrected chi connectivity index (χ2v) is 15.3. The van der Waals surface area contributed by atoms with E-state index in [1.54, 1.807) is 0 Å². The lowest BCUT2D eigenvalue weighted by Crippen LogP contribution is -2.14. The molecule has 53 heavy (non-hydrogen) atoms. The quantitative estimate of drug-likeness (QED) is 0.164. The Morgan fingerprint density at radius 1 is 0.283 bits per heavy atom. The SMILES string of the molecule is CC1(C)c2ccccc2-c2ccc(-c3ccc4cc(-c5ccc(-c6cc7c8ccccc8c8ccccc8c7c7ccccc67)cc5)ccc4c3)cc21. The van der Waals surface area contributed by atoms with Gasteiger partial charge in [0, 0.05) is 5.41 Å². The molecule has 248 valence electrons. The predicted octanol–water partition coefficient (Wildman–Crippen LogP) is 14.8. The van der Waals surface area contributed by atoms with Crippen molar-refractivity contribution in [3.8, 4) is 44.5 Å². The second-order valence-electron chi connectivity index (χ2n) is 15.3. The Labute approximate surface area is 309 Å². The summed E-state index contributed by atoms with van der Waals surface area (Å²) in [5.41, 5.74) is 13.0. The lowest BCUT2D eigenvalue weighted by atomic mass is 9.81. The molecule has 0 amide bonds. The summed E-state index contributed by atoms with van der Waals surface area (Å²) in [6, 6.07) is 67.9. The fraction of sp³-hybridized carbons (Fsp3) is 0.0566. The second kappa shape index (κ2) is 11.2. The van der Waals surface area contributed by atoms with Gasteiger partial charge in [-0.1, -0.05) is 172 Å². The van der Waals surface area contributed by atoms with Gasteiger partial charge in [0.15, 0.2) is 0 Å². The van der Waals surface area contributed by atoms with Gasteiger partial charge in [-0.25, -0.2) is 0 Å². The van der Waals surface area contributed by atoms with Crippen molar-refractivity contribution in [1.82, 2.24) is 0 Å². The Bertz CT molecular complexity index is 3120. The van der Waals surface area contributed by atoms with Gasteiger partial charge in [0.1, 0.15) is 0 Å².